The van der Waals surface area contributed by atoms with Gasteiger partial charge in [-0.1, -0.05) is 19.8 Å². The summed E-state index contributed by atoms with van der Waals surface area (Å²) >= 11 is 0. The fourth-order valence-corrected chi connectivity index (χ4v) is 3.07. The lowest BCUT2D eigenvalue weighted by Crippen LogP contribution is -2.36. The lowest BCUT2D eigenvalue weighted by Gasteiger charge is -2.35. The average molecular weight is 289 g/mol. The van der Waals surface area contributed by atoms with Gasteiger partial charge in [0.2, 0.25) is 0 Å². The molecular formula is C18H31N3. The summed E-state index contributed by atoms with van der Waals surface area (Å²) in [6, 6.07) is 4.99. The first kappa shape index (κ1) is 16.3. The van der Waals surface area contributed by atoms with Crippen molar-refractivity contribution in [1.82, 2.24) is 10.3 Å². The number of rotatable bonds is 4. The van der Waals surface area contributed by atoms with E-state index in [2.05, 4.69) is 62.1 Å². The van der Waals surface area contributed by atoms with Crippen molar-refractivity contribution in [3.63, 3.8) is 0 Å². The highest BCUT2D eigenvalue weighted by Crippen LogP contribution is 2.29. The van der Waals surface area contributed by atoms with Crippen LogP contribution in [0.4, 0.5) is 5.82 Å². The molecule has 0 radical (unpaired) electrons. The first-order valence-corrected chi connectivity index (χ1v) is 8.28. The van der Waals surface area contributed by atoms with E-state index in [0.717, 1.165) is 18.3 Å². The highest BCUT2D eigenvalue weighted by molar-refractivity contribution is 5.41. The van der Waals surface area contributed by atoms with Crippen molar-refractivity contribution in [3.8, 4) is 0 Å². The summed E-state index contributed by atoms with van der Waals surface area (Å²) in [6.45, 7) is 9.87. The highest BCUT2D eigenvalue weighted by atomic mass is 15.2. The molecule has 118 valence electrons. The van der Waals surface area contributed by atoms with Crippen LogP contribution < -0.4 is 10.2 Å². The molecule has 3 nitrogen and oxygen atoms in total. The fourth-order valence-electron chi connectivity index (χ4n) is 3.07. The molecule has 1 aromatic heterocycles. The molecule has 2 rings (SSSR count). The molecule has 21 heavy (non-hydrogen) atoms. The smallest absolute Gasteiger partial charge is 0.128 e. The molecule has 0 saturated heterocycles. The lowest BCUT2D eigenvalue weighted by atomic mass is 9.86. The van der Waals surface area contributed by atoms with Crippen LogP contribution >= 0.6 is 0 Å². The predicted molar refractivity (Wildman–Crippen MR) is 90.7 cm³/mol. The Morgan fingerprint density at radius 3 is 2.76 bits per heavy atom. The summed E-state index contributed by atoms with van der Waals surface area (Å²) in [6.07, 6.45) is 7.27. The van der Waals surface area contributed by atoms with Gasteiger partial charge < -0.3 is 10.2 Å². The van der Waals surface area contributed by atoms with Crippen LogP contribution in [0.15, 0.2) is 18.3 Å². The highest BCUT2D eigenvalue weighted by Gasteiger charge is 2.23. The molecule has 0 bridgehead atoms. The first-order chi connectivity index (χ1) is 9.85. The van der Waals surface area contributed by atoms with E-state index in [1.165, 1.54) is 31.2 Å². The quantitative estimate of drug-likeness (QED) is 0.908. The monoisotopic (exact) mass is 289 g/mol. The van der Waals surface area contributed by atoms with Crippen LogP contribution in [0.2, 0.25) is 0 Å². The van der Waals surface area contributed by atoms with Crippen LogP contribution in [0.25, 0.3) is 0 Å². The molecule has 1 aliphatic carbocycles. The summed E-state index contributed by atoms with van der Waals surface area (Å²) in [5.74, 6) is 1.96. The number of hydrogen-bond acceptors (Lipinski definition) is 3. The van der Waals surface area contributed by atoms with Gasteiger partial charge in [0.15, 0.2) is 0 Å². The van der Waals surface area contributed by atoms with E-state index in [-0.39, 0.29) is 5.54 Å². The van der Waals surface area contributed by atoms with Crippen LogP contribution in [0.3, 0.4) is 0 Å². The van der Waals surface area contributed by atoms with Gasteiger partial charge in [-0.15, -0.1) is 0 Å². The van der Waals surface area contributed by atoms with Gasteiger partial charge >= 0.3 is 0 Å². The Labute approximate surface area is 130 Å². The van der Waals surface area contributed by atoms with Crippen molar-refractivity contribution in [2.75, 3.05) is 11.9 Å². The van der Waals surface area contributed by atoms with Crippen LogP contribution in [0, 0.1) is 5.92 Å². The number of anilines is 1. The van der Waals surface area contributed by atoms with Crippen LogP contribution in [0.5, 0.6) is 0 Å². The van der Waals surface area contributed by atoms with Gasteiger partial charge in [0, 0.05) is 31.4 Å². The Balaban J connectivity index is 2.02. The summed E-state index contributed by atoms with van der Waals surface area (Å²) < 4.78 is 0. The minimum Gasteiger partial charge on any atom is -0.357 e. The maximum Gasteiger partial charge on any atom is 0.128 e. The molecule has 1 saturated carbocycles. The largest absolute Gasteiger partial charge is 0.357 e. The number of nitrogens with zero attached hydrogens (tertiary/aromatic N) is 2. The second-order valence-corrected chi connectivity index (χ2v) is 7.66. The molecular weight excluding hydrogens is 258 g/mol. The van der Waals surface area contributed by atoms with Crippen LogP contribution in [-0.4, -0.2) is 23.6 Å². The zero-order valence-corrected chi connectivity index (χ0v) is 14.3. The average Bonchev–Trinajstić information content (AvgIpc) is 2.44. The van der Waals surface area contributed by atoms with Crippen molar-refractivity contribution in [2.24, 2.45) is 5.92 Å². The van der Waals surface area contributed by atoms with Crippen LogP contribution in [-0.2, 0) is 6.54 Å². The molecule has 0 spiro atoms. The van der Waals surface area contributed by atoms with Gasteiger partial charge in [0.25, 0.3) is 0 Å². The van der Waals surface area contributed by atoms with Crippen molar-refractivity contribution in [1.29, 1.82) is 0 Å². The topological polar surface area (TPSA) is 28.2 Å². The van der Waals surface area contributed by atoms with E-state index in [4.69, 9.17) is 0 Å². The molecule has 1 fully saturated rings. The number of aromatic nitrogens is 1. The normalized spacial score (nSPS) is 23.1. The number of hydrogen-bond donors (Lipinski definition) is 1. The lowest BCUT2D eigenvalue weighted by molar-refractivity contribution is 0.335. The Morgan fingerprint density at radius 2 is 2.10 bits per heavy atom. The van der Waals surface area contributed by atoms with E-state index < -0.39 is 0 Å². The predicted octanol–water partition coefficient (Wildman–Crippen LogP) is 3.98. The van der Waals surface area contributed by atoms with Crippen LogP contribution in [0.1, 0.15) is 58.9 Å². The van der Waals surface area contributed by atoms with Gasteiger partial charge in [-0.3, -0.25) is 0 Å². The van der Waals surface area contributed by atoms with E-state index in [0.29, 0.717) is 6.04 Å². The summed E-state index contributed by atoms with van der Waals surface area (Å²) in [5, 5.41) is 3.54. The zero-order chi connectivity index (χ0) is 15.5. The van der Waals surface area contributed by atoms with E-state index in [1.54, 1.807) is 0 Å². The summed E-state index contributed by atoms with van der Waals surface area (Å²) in [5.41, 5.74) is 1.46. The second-order valence-electron chi connectivity index (χ2n) is 7.66. The maximum atomic E-state index is 4.58. The SMILES string of the molecule is CC1CCCC(N(C)c2cc(CNC(C)(C)C)ccn2)C1. The molecule has 1 N–H and O–H groups in total. The first-order valence-electron chi connectivity index (χ1n) is 8.28. The molecule has 0 aromatic carbocycles. The molecule has 1 aromatic rings. The molecule has 0 amide bonds. The van der Waals surface area contributed by atoms with Gasteiger partial charge in [0.1, 0.15) is 5.82 Å². The Morgan fingerprint density at radius 1 is 1.33 bits per heavy atom. The Kier molecular flexibility index (Phi) is 5.26. The zero-order valence-electron chi connectivity index (χ0n) is 14.3. The van der Waals surface area contributed by atoms with Gasteiger partial charge in [-0.25, -0.2) is 4.98 Å². The minimum absolute atomic E-state index is 0.147. The van der Waals surface area contributed by atoms with Gasteiger partial charge in [-0.05, 0) is 57.2 Å². The Bertz CT molecular complexity index is 450. The van der Waals surface area contributed by atoms with E-state index in [1.807, 2.05) is 6.20 Å². The third-order valence-corrected chi connectivity index (χ3v) is 4.45. The number of nitrogens with one attached hydrogen (secondary N) is 1. The molecule has 1 aliphatic rings. The van der Waals surface area contributed by atoms with Gasteiger partial charge in [-0.2, -0.15) is 0 Å². The molecule has 3 heteroatoms. The maximum absolute atomic E-state index is 4.58. The van der Waals surface area contributed by atoms with Crippen molar-refractivity contribution < 1.29 is 0 Å². The summed E-state index contributed by atoms with van der Waals surface area (Å²) in [4.78, 5) is 6.97. The third-order valence-electron chi connectivity index (χ3n) is 4.45. The van der Waals surface area contributed by atoms with Crippen molar-refractivity contribution in [2.45, 2.75) is 71.5 Å². The summed E-state index contributed by atoms with van der Waals surface area (Å²) in [7, 11) is 2.20. The molecule has 2 atom stereocenters. The third kappa shape index (κ3) is 4.99. The minimum atomic E-state index is 0.147. The molecule has 2 unspecified atom stereocenters. The van der Waals surface area contributed by atoms with Crippen molar-refractivity contribution in [3.05, 3.63) is 23.9 Å². The van der Waals surface area contributed by atoms with Gasteiger partial charge in [0.05, 0.1) is 0 Å². The standard InChI is InChI=1S/C18H31N3/c1-14-7-6-8-16(11-14)21(5)17-12-15(9-10-19-17)13-20-18(2,3)4/h9-10,12,14,16,20H,6-8,11,13H2,1-5H3. The second kappa shape index (κ2) is 6.78. The van der Waals surface area contributed by atoms with E-state index >= 15 is 0 Å². The Hall–Kier alpha value is -1.09. The fraction of sp³-hybridized carbons (Fsp3) is 0.722. The van der Waals surface area contributed by atoms with Crippen molar-refractivity contribution >= 4 is 5.82 Å². The van der Waals surface area contributed by atoms with E-state index in [9.17, 15) is 0 Å². The number of pyridine rings is 1. The molecule has 1 heterocycles. The molecule has 0 aliphatic heterocycles.